The first-order chi connectivity index (χ1) is 7.88. The maximum absolute atomic E-state index is 9.67. The zero-order valence-corrected chi connectivity index (χ0v) is 11.2. The zero-order chi connectivity index (χ0) is 12.9. The van der Waals surface area contributed by atoms with Crippen molar-refractivity contribution in [3.8, 4) is 5.75 Å². The molecule has 3 heteroatoms. The first kappa shape index (κ1) is 14.0. The quantitative estimate of drug-likeness (QED) is 0.822. The van der Waals surface area contributed by atoms with Gasteiger partial charge in [-0.2, -0.15) is 0 Å². The summed E-state index contributed by atoms with van der Waals surface area (Å²) in [6.45, 7) is 7.74. The zero-order valence-electron chi connectivity index (χ0n) is 11.2. The van der Waals surface area contributed by atoms with Gasteiger partial charge in [0.25, 0.3) is 0 Å². The fraction of sp³-hybridized carbons (Fsp3) is 0.571. The van der Waals surface area contributed by atoms with Crippen LogP contribution in [0.5, 0.6) is 5.75 Å². The van der Waals surface area contributed by atoms with Crippen molar-refractivity contribution in [2.75, 3.05) is 26.7 Å². The Labute approximate surface area is 104 Å². The Kier molecular flexibility index (Phi) is 4.97. The smallest absolute Gasteiger partial charge is 0.122 e. The molecule has 1 N–H and O–H groups in total. The molecular weight excluding hydrogens is 214 g/mol. The van der Waals surface area contributed by atoms with Gasteiger partial charge in [0.1, 0.15) is 12.4 Å². The number of para-hydroxylation sites is 1. The Balaban J connectivity index is 2.31. The number of ether oxygens (including phenoxy) is 1. The Morgan fingerprint density at radius 1 is 1.29 bits per heavy atom. The van der Waals surface area contributed by atoms with Gasteiger partial charge in [-0.15, -0.1) is 0 Å². The second kappa shape index (κ2) is 6.03. The van der Waals surface area contributed by atoms with Crippen LogP contribution in [0.1, 0.15) is 19.4 Å². The minimum absolute atomic E-state index is 0.636. The molecule has 0 spiro atoms. The van der Waals surface area contributed by atoms with E-state index in [4.69, 9.17) is 4.74 Å². The summed E-state index contributed by atoms with van der Waals surface area (Å²) in [6, 6.07) is 7.99. The molecule has 0 amide bonds. The van der Waals surface area contributed by atoms with E-state index in [1.54, 1.807) is 0 Å². The van der Waals surface area contributed by atoms with Gasteiger partial charge in [-0.1, -0.05) is 18.2 Å². The number of hydrogen-bond acceptors (Lipinski definition) is 3. The molecule has 1 aromatic carbocycles. The van der Waals surface area contributed by atoms with Crippen LogP contribution in [-0.2, 0) is 0 Å². The normalized spacial score (nSPS) is 11.9. The Morgan fingerprint density at radius 2 is 1.94 bits per heavy atom. The molecule has 0 saturated carbocycles. The van der Waals surface area contributed by atoms with Crippen molar-refractivity contribution < 1.29 is 9.84 Å². The maximum Gasteiger partial charge on any atom is 0.122 e. The Morgan fingerprint density at radius 3 is 2.53 bits per heavy atom. The van der Waals surface area contributed by atoms with Crippen LogP contribution in [0.4, 0.5) is 0 Å². The monoisotopic (exact) mass is 237 g/mol. The summed E-state index contributed by atoms with van der Waals surface area (Å²) in [7, 11) is 1.99. The number of aryl methyl sites for hydroxylation is 1. The third kappa shape index (κ3) is 5.71. The van der Waals surface area contributed by atoms with E-state index in [1.807, 2.05) is 52.1 Å². The van der Waals surface area contributed by atoms with Crippen LogP contribution in [0.3, 0.4) is 0 Å². The van der Waals surface area contributed by atoms with Crippen molar-refractivity contribution in [1.29, 1.82) is 0 Å². The van der Waals surface area contributed by atoms with Crippen molar-refractivity contribution in [2.45, 2.75) is 26.4 Å². The molecule has 0 saturated heterocycles. The molecule has 0 fully saturated rings. The first-order valence-corrected chi connectivity index (χ1v) is 5.98. The number of aliphatic hydroxyl groups is 1. The summed E-state index contributed by atoms with van der Waals surface area (Å²) in [4.78, 5) is 2.07. The van der Waals surface area contributed by atoms with Gasteiger partial charge in [0.05, 0.1) is 5.60 Å². The van der Waals surface area contributed by atoms with E-state index < -0.39 is 5.60 Å². The molecule has 0 heterocycles. The predicted octanol–water partition coefficient (Wildman–Crippen LogP) is 2.08. The largest absolute Gasteiger partial charge is 0.492 e. The van der Waals surface area contributed by atoms with Crippen LogP contribution >= 0.6 is 0 Å². The highest BCUT2D eigenvalue weighted by molar-refractivity contribution is 5.31. The predicted molar refractivity (Wildman–Crippen MR) is 70.5 cm³/mol. The molecule has 0 aliphatic carbocycles. The number of rotatable bonds is 6. The third-order valence-corrected chi connectivity index (χ3v) is 2.48. The van der Waals surface area contributed by atoms with E-state index >= 15 is 0 Å². The second-order valence-electron chi connectivity index (χ2n) is 5.16. The minimum Gasteiger partial charge on any atom is -0.492 e. The van der Waals surface area contributed by atoms with Crippen molar-refractivity contribution >= 4 is 0 Å². The van der Waals surface area contributed by atoms with Gasteiger partial charge in [-0.25, -0.2) is 0 Å². The van der Waals surface area contributed by atoms with Gasteiger partial charge in [0.2, 0.25) is 0 Å². The molecule has 0 aromatic heterocycles. The van der Waals surface area contributed by atoms with E-state index in [0.717, 1.165) is 17.9 Å². The summed E-state index contributed by atoms with van der Waals surface area (Å²) in [5, 5.41) is 9.67. The first-order valence-electron chi connectivity index (χ1n) is 5.98. The van der Waals surface area contributed by atoms with Crippen LogP contribution in [0.25, 0.3) is 0 Å². The number of hydrogen-bond donors (Lipinski definition) is 1. The highest BCUT2D eigenvalue weighted by atomic mass is 16.5. The molecular formula is C14H23NO2. The summed E-state index contributed by atoms with van der Waals surface area (Å²) < 4.78 is 5.70. The molecule has 3 nitrogen and oxygen atoms in total. The standard InChI is InChI=1S/C14H23NO2/c1-12-7-5-6-8-13(12)17-10-9-15(4)11-14(2,3)16/h5-8,16H,9-11H2,1-4H3. The van der Waals surface area contributed by atoms with Gasteiger partial charge >= 0.3 is 0 Å². The summed E-state index contributed by atoms with van der Waals surface area (Å²) in [5.74, 6) is 0.934. The van der Waals surface area contributed by atoms with Crippen molar-refractivity contribution in [3.05, 3.63) is 29.8 Å². The van der Waals surface area contributed by atoms with Crippen molar-refractivity contribution in [3.63, 3.8) is 0 Å². The van der Waals surface area contributed by atoms with Crippen LogP contribution in [0, 0.1) is 6.92 Å². The van der Waals surface area contributed by atoms with Gasteiger partial charge in [0.15, 0.2) is 0 Å². The fourth-order valence-electron chi connectivity index (χ4n) is 1.77. The van der Waals surface area contributed by atoms with Crippen LogP contribution in [-0.4, -0.2) is 42.4 Å². The Bertz CT molecular complexity index is 344. The lowest BCUT2D eigenvalue weighted by Crippen LogP contribution is -2.38. The van der Waals surface area contributed by atoms with Crippen LogP contribution < -0.4 is 4.74 Å². The van der Waals surface area contributed by atoms with Gasteiger partial charge in [0, 0.05) is 13.1 Å². The SMILES string of the molecule is Cc1ccccc1OCCN(C)CC(C)(C)O. The molecule has 0 radical (unpaired) electrons. The average Bonchev–Trinajstić information content (AvgIpc) is 2.18. The molecule has 96 valence electrons. The molecule has 0 aliphatic heterocycles. The van der Waals surface area contributed by atoms with Gasteiger partial charge in [-0.05, 0) is 39.4 Å². The van der Waals surface area contributed by atoms with Gasteiger partial charge < -0.3 is 14.7 Å². The number of likely N-dealkylation sites (N-methyl/N-ethyl adjacent to an activating group) is 1. The lowest BCUT2D eigenvalue weighted by molar-refractivity contribution is 0.0411. The summed E-state index contributed by atoms with van der Waals surface area (Å²) in [5.41, 5.74) is 0.495. The third-order valence-electron chi connectivity index (χ3n) is 2.48. The van der Waals surface area contributed by atoms with Gasteiger partial charge in [-0.3, -0.25) is 0 Å². The van der Waals surface area contributed by atoms with Crippen LogP contribution in [0.2, 0.25) is 0 Å². The molecule has 0 aliphatic rings. The average molecular weight is 237 g/mol. The molecule has 0 unspecified atom stereocenters. The molecule has 1 aromatic rings. The molecule has 1 rings (SSSR count). The van der Waals surface area contributed by atoms with Crippen molar-refractivity contribution in [2.24, 2.45) is 0 Å². The molecule has 0 bridgehead atoms. The lowest BCUT2D eigenvalue weighted by atomic mass is 10.1. The van der Waals surface area contributed by atoms with Crippen LogP contribution in [0.15, 0.2) is 24.3 Å². The van der Waals surface area contributed by atoms with E-state index in [9.17, 15) is 5.11 Å². The molecule has 17 heavy (non-hydrogen) atoms. The highest BCUT2D eigenvalue weighted by Gasteiger charge is 2.15. The topological polar surface area (TPSA) is 32.7 Å². The Hall–Kier alpha value is -1.06. The van der Waals surface area contributed by atoms with E-state index in [0.29, 0.717) is 13.2 Å². The number of nitrogens with zero attached hydrogens (tertiary/aromatic N) is 1. The molecule has 0 atom stereocenters. The highest BCUT2D eigenvalue weighted by Crippen LogP contribution is 2.15. The second-order valence-corrected chi connectivity index (χ2v) is 5.16. The summed E-state index contributed by atoms with van der Waals surface area (Å²) in [6.07, 6.45) is 0. The number of benzene rings is 1. The van der Waals surface area contributed by atoms with E-state index in [-0.39, 0.29) is 0 Å². The minimum atomic E-state index is -0.655. The van der Waals surface area contributed by atoms with E-state index in [1.165, 1.54) is 0 Å². The van der Waals surface area contributed by atoms with Crippen molar-refractivity contribution in [1.82, 2.24) is 4.90 Å². The maximum atomic E-state index is 9.67. The lowest BCUT2D eigenvalue weighted by Gasteiger charge is -2.25. The van der Waals surface area contributed by atoms with E-state index in [2.05, 4.69) is 4.90 Å². The fourth-order valence-corrected chi connectivity index (χ4v) is 1.77. The summed E-state index contributed by atoms with van der Waals surface area (Å²) >= 11 is 0.